The van der Waals surface area contributed by atoms with E-state index in [1.54, 1.807) is 32.9 Å². The Bertz CT molecular complexity index is 909. The summed E-state index contributed by atoms with van der Waals surface area (Å²) < 4.78 is 5.69. The third-order valence-corrected chi connectivity index (χ3v) is 8.39. The monoisotopic (exact) mass is 430 g/mol. The Labute approximate surface area is 184 Å². The highest BCUT2D eigenvalue weighted by Crippen LogP contribution is 2.62. The molecule has 0 aliphatic heterocycles. The minimum Gasteiger partial charge on any atom is -0.451 e. The van der Waals surface area contributed by atoms with E-state index in [0.29, 0.717) is 23.9 Å². The Morgan fingerprint density at radius 2 is 1.87 bits per heavy atom. The predicted molar refractivity (Wildman–Crippen MR) is 116 cm³/mol. The number of ketones is 1. The zero-order chi connectivity index (χ0) is 23.5. The van der Waals surface area contributed by atoms with E-state index in [-0.39, 0.29) is 23.2 Å². The third kappa shape index (κ3) is 2.94. The van der Waals surface area contributed by atoms with Crippen LogP contribution in [0.5, 0.6) is 0 Å². The Balaban J connectivity index is 2.31. The second-order valence-electron chi connectivity index (χ2n) is 10.2. The van der Waals surface area contributed by atoms with Gasteiger partial charge < -0.3 is 14.9 Å². The second kappa shape index (κ2) is 7.52. The van der Waals surface area contributed by atoms with Crippen molar-refractivity contribution in [2.75, 3.05) is 0 Å². The molecular formula is C25H34O6. The molecule has 6 nitrogen and oxygen atoms in total. The number of aliphatic hydroxyl groups is 2. The van der Waals surface area contributed by atoms with Crippen molar-refractivity contribution in [3.05, 3.63) is 34.9 Å². The first-order valence-corrected chi connectivity index (χ1v) is 11.0. The van der Waals surface area contributed by atoms with Crippen LogP contribution in [0.15, 0.2) is 34.9 Å². The number of esters is 1. The van der Waals surface area contributed by atoms with Gasteiger partial charge in [-0.1, -0.05) is 45.9 Å². The molecule has 0 aromatic heterocycles. The van der Waals surface area contributed by atoms with E-state index >= 15 is 0 Å². The molecule has 3 aliphatic carbocycles. The van der Waals surface area contributed by atoms with E-state index in [1.807, 2.05) is 20.8 Å². The SMILES string of the molecule is C/C=C(/C)C(=O)O[C@H]1C(C)=C[C@]23C(=O)[C@@H](C=C(C=O)[C@@H](O)[C@]12O)C(C)(C)[C@@H](C)C[C@H]3C. The van der Waals surface area contributed by atoms with Crippen LogP contribution in [0.2, 0.25) is 0 Å². The van der Waals surface area contributed by atoms with Crippen LogP contribution in [-0.2, 0) is 19.1 Å². The molecule has 2 N–H and O–H groups in total. The number of carbonyl (C=O) groups is 3. The summed E-state index contributed by atoms with van der Waals surface area (Å²) in [5.41, 5.74) is -3.37. The van der Waals surface area contributed by atoms with Gasteiger partial charge in [0, 0.05) is 17.1 Å². The van der Waals surface area contributed by atoms with Crippen molar-refractivity contribution in [3.8, 4) is 0 Å². The van der Waals surface area contributed by atoms with E-state index in [0.717, 1.165) is 0 Å². The molecule has 3 rings (SSSR count). The number of allylic oxidation sites excluding steroid dienone is 2. The molecule has 2 bridgehead atoms. The normalized spacial score (nSPS) is 42.0. The van der Waals surface area contributed by atoms with Gasteiger partial charge in [-0.15, -0.1) is 0 Å². The predicted octanol–water partition coefficient (Wildman–Crippen LogP) is 2.93. The first kappa shape index (κ1) is 23.6. The van der Waals surface area contributed by atoms with Crippen LogP contribution in [-0.4, -0.2) is 46.1 Å². The lowest BCUT2D eigenvalue weighted by atomic mass is 9.59. The molecule has 7 atom stereocenters. The van der Waals surface area contributed by atoms with Gasteiger partial charge >= 0.3 is 5.97 Å². The van der Waals surface area contributed by atoms with Crippen LogP contribution in [0.4, 0.5) is 0 Å². The van der Waals surface area contributed by atoms with Gasteiger partial charge in [0.2, 0.25) is 0 Å². The largest absolute Gasteiger partial charge is 0.451 e. The minimum absolute atomic E-state index is 0.0518. The maximum Gasteiger partial charge on any atom is 0.334 e. The second-order valence-corrected chi connectivity index (χ2v) is 10.2. The number of aldehydes is 1. The maximum absolute atomic E-state index is 14.2. The van der Waals surface area contributed by atoms with E-state index in [9.17, 15) is 24.6 Å². The van der Waals surface area contributed by atoms with Gasteiger partial charge in [-0.3, -0.25) is 9.59 Å². The van der Waals surface area contributed by atoms with Gasteiger partial charge in [0.15, 0.2) is 17.5 Å². The highest BCUT2D eigenvalue weighted by molar-refractivity contribution is 5.97. The van der Waals surface area contributed by atoms with Crippen molar-refractivity contribution >= 4 is 18.0 Å². The van der Waals surface area contributed by atoms with Gasteiger partial charge in [0.1, 0.15) is 12.4 Å². The summed E-state index contributed by atoms with van der Waals surface area (Å²) in [7, 11) is 0. The summed E-state index contributed by atoms with van der Waals surface area (Å²) in [6, 6.07) is 0. The number of hydrogen-bond acceptors (Lipinski definition) is 6. The molecule has 0 unspecified atom stereocenters. The molecule has 0 heterocycles. The molecule has 1 saturated carbocycles. The van der Waals surface area contributed by atoms with Crippen LogP contribution in [0, 0.1) is 28.6 Å². The van der Waals surface area contributed by atoms with E-state index in [2.05, 4.69) is 6.92 Å². The molecule has 0 aromatic rings. The van der Waals surface area contributed by atoms with Crippen LogP contribution in [0.3, 0.4) is 0 Å². The Morgan fingerprint density at radius 3 is 2.42 bits per heavy atom. The first-order chi connectivity index (χ1) is 14.3. The number of ether oxygens (including phenoxy) is 1. The van der Waals surface area contributed by atoms with E-state index in [4.69, 9.17) is 4.74 Å². The molecule has 0 aromatic carbocycles. The van der Waals surface area contributed by atoms with Crippen LogP contribution >= 0.6 is 0 Å². The standard InChI is InChI=1S/C25H34O6/c1-8-13(2)22(29)31-21-14(3)11-24-16(5)9-15(4)23(6,7)18(20(24)28)10-17(12-26)19(27)25(21,24)30/h8,10-12,15-16,18-19,21,27,30H,9H2,1-7H3/b13-8-/t15-,16+,18+,19+,21-,24-,25-/m0/s1. The Kier molecular flexibility index (Phi) is 5.73. The lowest BCUT2D eigenvalue weighted by molar-refractivity contribution is -0.200. The number of Topliss-reactive ketones (excluding diaryl/α,β-unsaturated/α-hetero) is 1. The summed E-state index contributed by atoms with van der Waals surface area (Å²) in [4.78, 5) is 38.8. The van der Waals surface area contributed by atoms with Gasteiger partial charge in [0.05, 0.1) is 5.41 Å². The van der Waals surface area contributed by atoms with Crippen molar-refractivity contribution in [1.82, 2.24) is 0 Å². The molecule has 1 fully saturated rings. The summed E-state index contributed by atoms with van der Waals surface area (Å²) in [5, 5.41) is 23.5. The fourth-order valence-corrected chi connectivity index (χ4v) is 5.89. The zero-order valence-electron chi connectivity index (χ0n) is 19.4. The maximum atomic E-state index is 14.2. The number of hydrogen-bond donors (Lipinski definition) is 2. The highest BCUT2D eigenvalue weighted by Gasteiger charge is 2.73. The van der Waals surface area contributed by atoms with Crippen LogP contribution in [0.1, 0.15) is 54.9 Å². The summed E-state index contributed by atoms with van der Waals surface area (Å²) in [6.07, 6.45) is 3.00. The molecule has 31 heavy (non-hydrogen) atoms. The summed E-state index contributed by atoms with van der Waals surface area (Å²) in [5.74, 6) is -1.79. The summed E-state index contributed by atoms with van der Waals surface area (Å²) in [6.45, 7) is 12.9. The average Bonchev–Trinajstić information content (AvgIpc) is 2.88. The smallest absolute Gasteiger partial charge is 0.334 e. The molecule has 0 radical (unpaired) electrons. The Hall–Kier alpha value is -2.05. The zero-order valence-corrected chi connectivity index (χ0v) is 19.4. The van der Waals surface area contributed by atoms with E-state index in [1.165, 1.54) is 6.08 Å². The first-order valence-electron chi connectivity index (χ1n) is 11.0. The fourth-order valence-electron chi connectivity index (χ4n) is 5.89. The fraction of sp³-hybridized carbons (Fsp3) is 0.640. The van der Waals surface area contributed by atoms with Crippen molar-refractivity contribution < 1.29 is 29.3 Å². The van der Waals surface area contributed by atoms with Gasteiger partial charge in [0.25, 0.3) is 0 Å². The molecule has 170 valence electrons. The topological polar surface area (TPSA) is 101 Å². The molecule has 0 saturated heterocycles. The molecular weight excluding hydrogens is 396 g/mol. The molecule has 3 aliphatic rings. The van der Waals surface area contributed by atoms with Crippen molar-refractivity contribution in [3.63, 3.8) is 0 Å². The van der Waals surface area contributed by atoms with Crippen molar-refractivity contribution in [2.24, 2.45) is 28.6 Å². The lowest BCUT2D eigenvalue weighted by Crippen LogP contribution is -2.65. The van der Waals surface area contributed by atoms with Gasteiger partial charge in [-0.2, -0.15) is 0 Å². The van der Waals surface area contributed by atoms with Crippen LogP contribution in [0.25, 0.3) is 0 Å². The average molecular weight is 431 g/mol. The molecule has 1 spiro atoms. The molecule has 0 amide bonds. The van der Waals surface area contributed by atoms with Crippen LogP contribution < -0.4 is 0 Å². The summed E-state index contributed by atoms with van der Waals surface area (Å²) >= 11 is 0. The van der Waals surface area contributed by atoms with Crippen molar-refractivity contribution in [2.45, 2.75) is 72.7 Å². The number of rotatable bonds is 3. The number of carbonyl (C=O) groups excluding carboxylic acids is 3. The highest BCUT2D eigenvalue weighted by atomic mass is 16.6. The molecule has 6 heteroatoms. The minimum atomic E-state index is -2.18. The Morgan fingerprint density at radius 1 is 1.26 bits per heavy atom. The lowest BCUT2D eigenvalue weighted by Gasteiger charge is -2.48. The third-order valence-electron chi connectivity index (χ3n) is 8.39. The van der Waals surface area contributed by atoms with Gasteiger partial charge in [-0.05, 0) is 50.0 Å². The van der Waals surface area contributed by atoms with Gasteiger partial charge in [-0.25, -0.2) is 4.79 Å². The quantitative estimate of drug-likeness (QED) is 0.309. The number of fused-ring (bicyclic) bond motifs is 1. The van der Waals surface area contributed by atoms with Crippen molar-refractivity contribution in [1.29, 1.82) is 0 Å². The number of aliphatic hydroxyl groups excluding tert-OH is 1. The van der Waals surface area contributed by atoms with E-state index < -0.39 is 40.5 Å².